The molecule has 1 aromatic carbocycles. The number of hydrogen-bond acceptors (Lipinski definition) is 4. The molecule has 0 aliphatic heterocycles. The lowest BCUT2D eigenvalue weighted by atomic mass is 10.3. The number of benzene rings is 1. The highest BCUT2D eigenvalue weighted by molar-refractivity contribution is 6.30. The molecule has 5 heteroatoms. The van der Waals surface area contributed by atoms with E-state index in [4.69, 9.17) is 26.8 Å². The average Bonchev–Trinajstić information content (AvgIpc) is 2.41. The third-order valence-electron chi connectivity index (χ3n) is 2.39. The molecule has 100 valence electrons. The van der Waals surface area contributed by atoms with Gasteiger partial charge in [0.1, 0.15) is 11.5 Å². The Morgan fingerprint density at radius 1 is 1.00 bits per heavy atom. The molecule has 0 aliphatic carbocycles. The van der Waals surface area contributed by atoms with Crippen LogP contribution in [-0.4, -0.2) is 18.2 Å². The molecule has 0 radical (unpaired) electrons. The molecule has 2 rings (SSSR count). The van der Waals surface area contributed by atoms with Gasteiger partial charge in [0.15, 0.2) is 0 Å². The zero-order valence-corrected chi connectivity index (χ0v) is 11.1. The highest BCUT2D eigenvalue weighted by atomic mass is 35.5. The number of rotatable bonds is 6. The third kappa shape index (κ3) is 4.67. The number of nitrogens with zero attached hydrogens (tertiary/aromatic N) is 1. The van der Waals surface area contributed by atoms with E-state index in [0.717, 1.165) is 17.9 Å². The molecular formula is C14H15ClN2O2. The first-order chi connectivity index (χ1) is 9.24. The van der Waals surface area contributed by atoms with E-state index in [9.17, 15) is 0 Å². The van der Waals surface area contributed by atoms with Gasteiger partial charge in [0.2, 0.25) is 0 Å². The summed E-state index contributed by atoms with van der Waals surface area (Å²) < 4.78 is 11.0. The van der Waals surface area contributed by atoms with Gasteiger partial charge in [-0.25, -0.2) is 0 Å². The van der Waals surface area contributed by atoms with E-state index in [1.54, 1.807) is 18.5 Å². The number of aromatic nitrogens is 1. The summed E-state index contributed by atoms with van der Waals surface area (Å²) in [5, 5.41) is 0.565. The van der Waals surface area contributed by atoms with Crippen molar-refractivity contribution >= 4 is 17.3 Å². The van der Waals surface area contributed by atoms with Crippen LogP contribution in [0.5, 0.6) is 11.5 Å². The van der Waals surface area contributed by atoms with Crippen molar-refractivity contribution in [2.75, 3.05) is 18.9 Å². The SMILES string of the molecule is Nc1ccc(OCCCOc2cncc(Cl)c2)cc1. The van der Waals surface area contributed by atoms with Crippen LogP contribution in [0.1, 0.15) is 6.42 Å². The molecule has 2 aromatic rings. The van der Waals surface area contributed by atoms with Gasteiger partial charge in [0.05, 0.1) is 24.4 Å². The van der Waals surface area contributed by atoms with E-state index < -0.39 is 0 Å². The van der Waals surface area contributed by atoms with Crippen molar-refractivity contribution in [1.82, 2.24) is 4.98 Å². The Kier molecular flexibility index (Phi) is 4.86. The zero-order chi connectivity index (χ0) is 13.5. The number of hydrogen-bond donors (Lipinski definition) is 1. The molecule has 0 aliphatic rings. The Morgan fingerprint density at radius 3 is 2.37 bits per heavy atom. The first kappa shape index (κ1) is 13.5. The number of anilines is 1. The molecule has 2 N–H and O–H groups in total. The summed E-state index contributed by atoms with van der Waals surface area (Å²) >= 11 is 5.80. The van der Waals surface area contributed by atoms with Gasteiger partial charge >= 0.3 is 0 Å². The summed E-state index contributed by atoms with van der Waals surface area (Å²) in [5.41, 5.74) is 6.31. The van der Waals surface area contributed by atoms with Gasteiger partial charge in [-0.1, -0.05) is 11.6 Å². The van der Waals surface area contributed by atoms with Gasteiger partial charge in [-0.05, 0) is 24.3 Å². The summed E-state index contributed by atoms with van der Waals surface area (Å²) in [6, 6.07) is 9.04. The fourth-order valence-electron chi connectivity index (χ4n) is 1.47. The molecule has 0 saturated heterocycles. The molecule has 0 amide bonds. The van der Waals surface area contributed by atoms with Crippen LogP contribution in [-0.2, 0) is 0 Å². The summed E-state index contributed by atoms with van der Waals surface area (Å²) in [5.74, 6) is 1.47. The molecule has 4 nitrogen and oxygen atoms in total. The highest BCUT2D eigenvalue weighted by Crippen LogP contribution is 2.16. The molecule has 0 saturated carbocycles. The fraction of sp³-hybridized carbons (Fsp3) is 0.214. The van der Waals surface area contributed by atoms with Crippen LogP contribution in [0, 0.1) is 0 Å². The van der Waals surface area contributed by atoms with E-state index in [-0.39, 0.29) is 0 Å². The maximum absolute atomic E-state index is 5.80. The fourth-order valence-corrected chi connectivity index (χ4v) is 1.64. The predicted molar refractivity (Wildman–Crippen MR) is 75.7 cm³/mol. The zero-order valence-electron chi connectivity index (χ0n) is 10.4. The first-order valence-corrected chi connectivity index (χ1v) is 6.33. The van der Waals surface area contributed by atoms with E-state index in [1.165, 1.54) is 0 Å². The molecule has 0 bridgehead atoms. The summed E-state index contributed by atoms with van der Waals surface area (Å²) in [4.78, 5) is 3.94. The molecule has 0 spiro atoms. The minimum absolute atomic E-state index is 0.553. The highest BCUT2D eigenvalue weighted by Gasteiger charge is 1.97. The van der Waals surface area contributed by atoms with Gasteiger partial charge in [-0.15, -0.1) is 0 Å². The molecule has 0 fully saturated rings. The predicted octanol–water partition coefficient (Wildman–Crippen LogP) is 3.17. The van der Waals surface area contributed by atoms with E-state index in [1.807, 2.05) is 24.3 Å². The number of nitrogens with two attached hydrogens (primary N) is 1. The Morgan fingerprint density at radius 2 is 1.68 bits per heavy atom. The van der Waals surface area contributed by atoms with Crippen molar-refractivity contribution in [3.8, 4) is 11.5 Å². The van der Waals surface area contributed by atoms with Crippen LogP contribution in [0.4, 0.5) is 5.69 Å². The Balaban J connectivity index is 1.66. The topological polar surface area (TPSA) is 57.4 Å². The van der Waals surface area contributed by atoms with Gasteiger partial charge in [-0.2, -0.15) is 0 Å². The second kappa shape index (κ2) is 6.85. The molecule has 0 unspecified atom stereocenters. The van der Waals surface area contributed by atoms with Gasteiger partial charge in [0.25, 0.3) is 0 Å². The third-order valence-corrected chi connectivity index (χ3v) is 2.59. The quantitative estimate of drug-likeness (QED) is 0.651. The summed E-state index contributed by atoms with van der Waals surface area (Å²) in [7, 11) is 0. The van der Waals surface area contributed by atoms with Crippen molar-refractivity contribution in [2.24, 2.45) is 0 Å². The minimum atomic E-state index is 0.553. The van der Waals surface area contributed by atoms with Crippen LogP contribution >= 0.6 is 11.6 Å². The Labute approximate surface area is 117 Å². The lowest BCUT2D eigenvalue weighted by Crippen LogP contribution is -2.05. The van der Waals surface area contributed by atoms with Crippen molar-refractivity contribution in [1.29, 1.82) is 0 Å². The first-order valence-electron chi connectivity index (χ1n) is 5.96. The van der Waals surface area contributed by atoms with E-state index in [2.05, 4.69) is 4.98 Å². The molecule has 0 atom stereocenters. The maximum Gasteiger partial charge on any atom is 0.139 e. The standard InChI is InChI=1S/C14H15ClN2O2/c15-11-8-14(10-17-9-11)19-7-1-6-18-13-4-2-12(16)3-5-13/h2-5,8-10H,1,6-7,16H2. The monoisotopic (exact) mass is 278 g/mol. The summed E-state index contributed by atoms with van der Waals surface area (Å²) in [6.07, 6.45) is 3.97. The molecule has 1 aromatic heterocycles. The Hall–Kier alpha value is -1.94. The number of halogens is 1. The van der Waals surface area contributed by atoms with Crippen LogP contribution in [0.3, 0.4) is 0 Å². The molecule has 1 heterocycles. The lowest BCUT2D eigenvalue weighted by Gasteiger charge is -2.08. The van der Waals surface area contributed by atoms with Gasteiger partial charge in [-0.3, -0.25) is 4.98 Å². The van der Waals surface area contributed by atoms with Crippen molar-refractivity contribution in [3.63, 3.8) is 0 Å². The number of nitrogen functional groups attached to an aromatic ring is 1. The van der Waals surface area contributed by atoms with E-state index >= 15 is 0 Å². The van der Waals surface area contributed by atoms with Crippen LogP contribution in [0.2, 0.25) is 5.02 Å². The summed E-state index contributed by atoms with van der Waals surface area (Å²) in [6.45, 7) is 1.13. The average molecular weight is 279 g/mol. The number of pyridine rings is 1. The normalized spacial score (nSPS) is 10.2. The van der Waals surface area contributed by atoms with Crippen LogP contribution in [0.15, 0.2) is 42.7 Å². The second-order valence-electron chi connectivity index (χ2n) is 3.96. The van der Waals surface area contributed by atoms with E-state index in [0.29, 0.717) is 24.0 Å². The second-order valence-corrected chi connectivity index (χ2v) is 4.39. The van der Waals surface area contributed by atoms with Crippen LogP contribution in [0.25, 0.3) is 0 Å². The maximum atomic E-state index is 5.80. The smallest absolute Gasteiger partial charge is 0.139 e. The van der Waals surface area contributed by atoms with Crippen LogP contribution < -0.4 is 15.2 Å². The van der Waals surface area contributed by atoms with Crippen molar-refractivity contribution in [3.05, 3.63) is 47.7 Å². The van der Waals surface area contributed by atoms with Crippen molar-refractivity contribution in [2.45, 2.75) is 6.42 Å². The Bertz CT molecular complexity index is 517. The molecule has 19 heavy (non-hydrogen) atoms. The van der Waals surface area contributed by atoms with Gasteiger partial charge in [0, 0.05) is 24.4 Å². The lowest BCUT2D eigenvalue weighted by molar-refractivity contribution is 0.247. The molecular weight excluding hydrogens is 264 g/mol. The number of ether oxygens (including phenoxy) is 2. The largest absolute Gasteiger partial charge is 0.493 e. The van der Waals surface area contributed by atoms with Crippen molar-refractivity contribution < 1.29 is 9.47 Å². The van der Waals surface area contributed by atoms with Gasteiger partial charge < -0.3 is 15.2 Å². The minimum Gasteiger partial charge on any atom is -0.493 e.